The first-order valence-corrected chi connectivity index (χ1v) is 8.27. The van der Waals surface area contributed by atoms with Gasteiger partial charge in [-0.3, -0.25) is 4.79 Å². The number of aliphatic carboxylic acids is 1. The zero-order valence-electron chi connectivity index (χ0n) is 13.3. The first-order chi connectivity index (χ1) is 9.73. The summed E-state index contributed by atoms with van der Waals surface area (Å²) in [5.74, 6) is 0.336. The Labute approximate surface area is 126 Å². The van der Waals surface area contributed by atoms with Gasteiger partial charge < -0.3 is 10.4 Å². The number of nitrogens with one attached hydrogen (secondary N) is 1. The van der Waals surface area contributed by atoms with E-state index in [9.17, 15) is 14.7 Å². The van der Waals surface area contributed by atoms with E-state index in [4.69, 9.17) is 0 Å². The van der Waals surface area contributed by atoms with E-state index in [2.05, 4.69) is 12.2 Å². The molecule has 4 saturated carbocycles. The number of carbonyl (C=O) groups is 2. The second-order valence-corrected chi connectivity index (χ2v) is 8.59. The Kier molecular flexibility index (Phi) is 3.34. The van der Waals surface area contributed by atoms with Crippen molar-refractivity contribution in [2.75, 3.05) is 0 Å². The quantitative estimate of drug-likeness (QED) is 0.837. The normalized spacial score (nSPS) is 42.1. The second-order valence-electron chi connectivity index (χ2n) is 8.59. The summed E-state index contributed by atoms with van der Waals surface area (Å²) in [6, 6.07) is -0.765. The molecule has 4 fully saturated rings. The highest BCUT2D eigenvalue weighted by Crippen LogP contribution is 2.65. The minimum absolute atomic E-state index is 0.00363. The molecule has 3 atom stereocenters. The van der Waals surface area contributed by atoms with Crippen LogP contribution >= 0.6 is 0 Å². The molecule has 4 nitrogen and oxygen atoms in total. The Bertz CT molecular complexity index is 457. The lowest BCUT2D eigenvalue weighted by molar-refractivity contribution is -0.159. The van der Waals surface area contributed by atoms with Gasteiger partial charge in [-0.05, 0) is 61.7 Å². The molecule has 0 aromatic carbocycles. The van der Waals surface area contributed by atoms with Gasteiger partial charge in [0.1, 0.15) is 6.04 Å². The Balaban J connectivity index is 1.79. The van der Waals surface area contributed by atoms with E-state index >= 15 is 0 Å². The standard InChI is InChI=1S/C17H27NO3/c1-10(2)13(14(19)20)18-15(21)17-7-11-4-12(8-17)6-16(3,5-11)9-17/h10-13H,4-9H2,1-3H3,(H,18,21)(H,19,20)/t11?,12?,13-,16?,17?/m0/s1. The molecule has 4 rings (SSSR count). The van der Waals surface area contributed by atoms with Gasteiger partial charge >= 0.3 is 5.97 Å². The number of amides is 1. The zero-order chi connectivity index (χ0) is 15.4. The minimum atomic E-state index is -0.922. The fourth-order valence-electron chi connectivity index (χ4n) is 5.79. The summed E-state index contributed by atoms with van der Waals surface area (Å²) in [7, 11) is 0. The van der Waals surface area contributed by atoms with E-state index in [0.717, 1.165) is 19.3 Å². The molecule has 1 amide bonds. The molecule has 0 radical (unpaired) electrons. The summed E-state index contributed by atoms with van der Waals surface area (Å²) in [6.45, 7) is 6.02. The summed E-state index contributed by atoms with van der Waals surface area (Å²) < 4.78 is 0. The van der Waals surface area contributed by atoms with Crippen molar-refractivity contribution in [1.29, 1.82) is 0 Å². The van der Waals surface area contributed by atoms with Crippen molar-refractivity contribution in [2.45, 2.75) is 65.3 Å². The molecule has 0 aliphatic heterocycles. The maximum Gasteiger partial charge on any atom is 0.326 e. The van der Waals surface area contributed by atoms with Crippen LogP contribution in [0.2, 0.25) is 0 Å². The molecule has 4 heteroatoms. The number of rotatable bonds is 4. The topological polar surface area (TPSA) is 66.4 Å². The minimum Gasteiger partial charge on any atom is -0.480 e. The fourth-order valence-corrected chi connectivity index (χ4v) is 5.79. The largest absolute Gasteiger partial charge is 0.480 e. The van der Waals surface area contributed by atoms with Crippen LogP contribution in [0, 0.1) is 28.6 Å². The van der Waals surface area contributed by atoms with Gasteiger partial charge in [0.25, 0.3) is 0 Å². The van der Waals surface area contributed by atoms with Crippen LogP contribution in [-0.4, -0.2) is 23.0 Å². The number of hydrogen-bond acceptors (Lipinski definition) is 2. The average molecular weight is 293 g/mol. The third kappa shape index (κ3) is 2.47. The summed E-state index contributed by atoms with van der Waals surface area (Å²) in [5.41, 5.74) is 0.0133. The molecular weight excluding hydrogens is 266 g/mol. The van der Waals surface area contributed by atoms with Crippen molar-refractivity contribution in [3.05, 3.63) is 0 Å². The lowest BCUT2D eigenvalue weighted by Crippen LogP contribution is -2.59. The van der Waals surface area contributed by atoms with Crippen molar-refractivity contribution < 1.29 is 14.7 Å². The number of hydrogen-bond donors (Lipinski definition) is 2. The van der Waals surface area contributed by atoms with Crippen molar-refractivity contribution in [3.63, 3.8) is 0 Å². The lowest BCUT2D eigenvalue weighted by Gasteiger charge is -2.60. The molecular formula is C17H27NO3. The maximum absolute atomic E-state index is 12.9. The van der Waals surface area contributed by atoms with Crippen LogP contribution < -0.4 is 5.32 Å². The molecule has 0 heterocycles. The van der Waals surface area contributed by atoms with Crippen LogP contribution in [0.1, 0.15) is 59.3 Å². The SMILES string of the molecule is CC(C)[C@H](NC(=O)C12CC3CC(CC(C)(C3)C1)C2)C(=O)O. The van der Waals surface area contributed by atoms with Gasteiger partial charge in [0, 0.05) is 0 Å². The molecule has 0 saturated heterocycles. The Morgan fingerprint density at radius 1 is 1.14 bits per heavy atom. The molecule has 0 spiro atoms. The Morgan fingerprint density at radius 3 is 2.14 bits per heavy atom. The first-order valence-electron chi connectivity index (χ1n) is 8.27. The summed E-state index contributed by atoms with van der Waals surface area (Å²) in [4.78, 5) is 24.2. The van der Waals surface area contributed by atoms with Crippen molar-refractivity contribution in [1.82, 2.24) is 5.32 Å². The molecule has 2 N–H and O–H groups in total. The highest BCUT2D eigenvalue weighted by molar-refractivity contribution is 5.88. The molecule has 4 aliphatic carbocycles. The van der Waals surface area contributed by atoms with E-state index in [0.29, 0.717) is 17.3 Å². The summed E-state index contributed by atoms with van der Waals surface area (Å²) >= 11 is 0. The van der Waals surface area contributed by atoms with Gasteiger partial charge in [-0.25, -0.2) is 4.79 Å². The molecule has 0 aromatic rings. The highest BCUT2D eigenvalue weighted by atomic mass is 16.4. The second kappa shape index (κ2) is 4.72. The average Bonchev–Trinajstić information content (AvgIpc) is 2.31. The zero-order valence-corrected chi connectivity index (χ0v) is 13.3. The highest BCUT2D eigenvalue weighted by Gasteiger charge is 2.59. The van der Waals surface area contributed by atoms with Gasteiger partial charge in [-0.1, -0.05) is 20.8 Å². The van der Waals surface area contributed by atoms with Crippen LogP contribution in [0.4, 0.5) is 0 Å². The van der Waals surface area contributed by atoms with E-state index in [1.807, 2.05) is 13.8 Å². The number of carboxylic acids is 1. The predicted octanol–water partition coefficient (Wildman–Crippen LogP) is 2.82. The molecule has 118 valence electrons. The lowest BCUT2D eigenvalue weighted by atomic mass is 9.44. The third-order valence-corrected chi connectivity index (χ3v) is 6.05. The van der Waals surface area contributed by atoms with Crippen molar-refractivity contribution in [3.8, 4) is 0 Å². The van der Waals surface area contributed by atoms with Gasteiger partial charge in [0.05, 0.1) is 5.41 Å². The molecule has 2 unspecified atom stereocenters. The maximum atomic E-state index is 12.9. The Morgan fingerprint density at radius 2 is 1.71 bits per heavy atom. The summed E-state index contributed by atoms with van der Waals surface area (Å²) in [5, 5.41) is 12.2. The van der Waals surface area contributed by atoms with Crippen LogP contribution in [0.15, 0.2) is 0 Å². The van der Waals surface area contributed by atoms with Gasteiger partial charge in [-0.2, -0.15) is 0 Å². The van der Waals surface area contributed by atoms with Gasteiger partial charge in [0.15, 0.2) is 0 Å². The monoisotopic (exact) mass is 293 g/mol. The van der Waals surface area contributed by atoms with Gasteiger partial charge in [0.2, 0.25) is 5.91 Å². The predicted molar refractivity (Wildman–Crippen MR) is 79.6 cm³/mol. The van der Waals surface area contributed by atoms with Crippen LogP contribution in [0.3, 0.4) is 0 Å². The van der Waals surface area contributed by atoms with Crippen LogP contribution in [-0.2, 0) is 9.59 Å². The molecule has 21 heavy (non-hydrogen) atoms. The smallest absolute Gasteiger partial charge is 0.326 e. The molecule has 0 aromatic heterocycles. The van der Waals surface area contributed by atoms with Crippen molar-refractivity contribution in [2.24, 2.45) is 28.6 Å². The van der Waals surface area contributed by atoms with E-state index < -0.39 is 12.0 Å². The van der Waals surface area contributed by atoms with Crippen molar-refractivity contribution >= 4 is 11.9 Å². The molecule has 4 bridgehead atoms. The van der Waals surface area contributed by atoms with E-state index in [1.54, 1.807) is 0 Å². The Hall–Kier alpha value is -1.06. The summed E-state index contributed by atoms with van der Waals surface area (Å²) in [6.07, 6.45) is 6.67. The number of carboxylic acid groups (broad SMARTS) is 1. The van der Waals surface area contributed by atoms with Crippen LogP contribution in [0.25, 0.3) is 0 Å². The number of carbonyl (C=O) groups excluding carboxylic acids is 1. The van der Waals surface area contributed by atoms with E-state index in [-0.39, 0.29) is 17.2 Å². The van der Waals surface area contributed by atoms with Crippen LogP contribution in [0.5, 0.6) is 0 Å². The van der Waals surface area contributed by atoms with E-state index in [1.165, 1.54) is 19.3 Å². The first kappa shape index (κ1) is 14.9. The fraction of sp³-hybridized carbons (Fsp3) is 0.882. The third-order valence-electron chi connectivity index (χ3n) is 6.05. The molecule has 4 aliphatic rings. The van der Waals surface area contributed by atoms with Gasteiger partial charge in [-0.15, -0.1) is 0 Å².